The molecule has 2 rings (SSSR count). The summed E-state index contributed by atoms with van der Waals surface area (Å²) in [6.45, 7) is 11.2. The lowest BCUT2D eigenvalue weighted by Crippen LogP contribution is -2.42. The zero-order valence-electron chi connectivity index (χ0n) is 21.3. The summed E-state index contributed by atoms with van der Waals surface area (Å²) in [6, 6.07) is 11.1. The minimum Gasteiger partial charge on any atom is -0.496 e. The molecule has 0 aromatic heterocycles. The number of methoxy groups -OCH3 is 1. The highest BCUT2D eigenvalue weighted by Crippen LogP contribution is 2.31. The standard InChI is InChI=1S/C27H39N3O4/c1-18(2)30(19(3)4)27(31)25-20(5)16-23(17-24(25)32-6)34-15-9-7-8-14-33-22-12-10-21(11-13-22)26(28)29/h10-13,16-19H,7-9,14-15H2,1-6H3,(H3,28,29). The summed E-state index contributed by atoms with van der Waals surface area (Å²) in [5.41, 5.74) is 7.58. The Bertz CT molecular complexity index is 947. The van der Waals surface area contributed by atoms with Crippen molar-refractivity contribution in [1.82, 2.24) is 4.90 Å². The first-order chi connectivity index (χ1) is 16.1. The average molecular weight is 470 g/mol. The minimum absolute atomic E-state index is 0.0261. The molecular formula is C27H39N3O4. The summed E-state index contributed by atoms with van der Waals surface area (Å²) in [5, 5.41) is 7.41. The summed E-state index contributed by atoms with van der Waals surface area (Å²) in [6.07, 6.45) is 2.77. The Hall–Kier alpha value is -3.22. The number of aryl methyl sites for hydroxylation is 1. The van der Waals surface area contributed by atoms with Gasteiger partial charge in [-0.1, -0.05) is 0 Å². The second-order valence-electron chi connectivity index (χ2n) is 8.91. The molecule has 0 aliphatic rings. The number of benzene rings is 2. The van der Waals surface area contributed by atoms with Gasteiger partial charge in [-0.3, -0.25) is 10.2 Å². The van der Waals surface area contributed by atoms with Gasteiger partial charge in [0, 0.05) is 23.7 Å². The second-order valence-corrected chi connectivity index (χ2v) is 8.91. The van der Waals surface area contributed by atoms with Gasteiger partial charge in [0.05, 0.1) is 25.9 Å². The molecule has 186 valence electrons. The lowest BCUT2D eigenvalue weighted by atomic mass is 10.0. The zero-order chi connectivity index (χ0) is 25.3. The van der Waals surface area contributed by atoms with Crippen LogP contribution in [0.3, 0.4) is 0 Å². The predicted molar refractivity (Wildman–Crippen MR) is 136 cm³/mol. The SMILES string of the molecule is COc1cc(OCCCCCOc2ccc(C(=N)N)cc2)cc(C)c1C(=O)N(C(C)C)C(C)C. The molecule has 1 amide bonds. The number of rotatable bonds is 13. The van der Waals surface area contributed by atoms with Crippen molar-refractivity contribution >= 4 is 11.7 Å². The third-order valence-electron chi connectivity index (χ3n) is 5.55. The van der Waals surface area contributed by atoms with E-state index in [1.165, 1.54) is 0 Å². The number of carbonyl (C=O) groups excluding carboxylic acids is 1. The third kappa shape index (κ3) is 7.40. The van der Waals surface area contributed by atoms with Crippen LogP contribution in [0.25, 0.3) is 0 Å². The lowest BCUT2D eigenvalue weighted by molar-refractivity contribution is 0.0639. The van der Waals surface area contributed by atoms with Crippen molar-refractivity contribution in [3.05, 3.63) is 53.1 Å². The van der Waals surface area contributed by atoms with Gasteiger partial charge in [0.2, 0.25) is 0 Å². The molecule has 0 saturated heterocycles. The Balaban J connectivity index is 1.84. The lowest BCUT2D eigenvalue weighted by Gasteiger charge is -2.32. The molecule has 0 aliphatic carbocycles. The van der Waals surface area contributed by atoms with E-state index in [-0.39, 0.29) is 23.8 Å². The van der Waals surface area contributed by atoms with E-state index in [9.17, 15) is 4.79 Å². The molecular weight excluding hydrogens is 430 g/mol. The van der Waals surface area contributed by atoms with Crippen molar-refractivity contribution in [2.24, 2.45) is 5.73 Å². The van der Waals surface area contributed by atoms with Crippen molar-refractivity contribution < 1.29 is 19.0 Å². The van der Waals surface area contributed by atoms with Crippen LogP contribution in [0, 0.1) is 12.3 Å². The maximum atomic E-state index is 13.2. The fourth-order valence-corrected chi connectivity index (χ4v) is 3.93. The first-order valence-electron chi connectivity index (χ1n) is 11.9. The number of amides is 1. The number of amidine groups is 1. The van der Waals surface area contributed by atoms with E-state index in [0.29, 0.717) is 35.8 Å². The summed E-state index contributed by atoms with van der Waals surface area (Å²) >= 11 is 0. The van der Waals surface area contributed by atoms with E-state index in [0.717, 1.165) is 30.6 Å². The van der Waals surface area contributed by atoms with Gasteiger partial charge in [-0.15, -0.1) is 0 Å². The average Bonchev–Trinajstić information content (AvgIpc) is 2.77. The Morgan fingerprint density at radius 2 is 1.50 bits per heavy atom. The monoisotopic (exact) mass is 469 g/mol. The number of ether oxygens (including phenoxy) is 3. The highest BCUT2D eigenvalue weighted by atomic mass is 16.5. The summed E-state index contributed by atoms with van der Waals surface area (Å²) in [4.78, 5) is 15.1. The van der Waals surface area contributed by atoms with Crippen molar-refractivity contribution in [2.45, 2.75) is 66.0 Å². The highest BCUT2D eigenvalue weighted by molar-refractivity contribution is 5.99. The largest absolute Gasteiger partial charge is 0.496 e. The molecule has 0 atom stereocenters. The van der Waals surface area contributed by atoms with E-state index in [1.54, 1.807) is 25.3 Å². The van der Waals surface area contributed by atoms with Crippen molar-refractivity contribution in [2.75, 3.05) is 20.3 Å². The third-order valence-corrected chi connectivity index (χ3v) is 5.55. The van der Waals surface area contributed by atoms with Crippen molar-refractivity contribution in [1.29, 1.82) is 5.41 Å². The number of nitrogens with two attached hydrogens (primary N) is 1. The Labute approximate surface area is 203 Å². The predicted octanol–water partition coefficient (Wildman–Crippen LogP) is 5.17. The Morgan fingerprint density at radius 1 is 0.941 bits per heavy atom. The summed E-state index contributed by atoms with van der Waals surface area (Å²) < 4.78 is 17.2. The number of nitrogens with zero attached hydrogens (tertiary/aromatic N) is 1. The molecule has 0 fully saturated rings. The van der Waals surface area contributed by atoms with Crippen LogP contribution in [-0.2, 0) is 0 Å². The smallest absolute Gasteiger partial charge is 0.258 e. The fraction of sp³-hybridized carbons (Fsp3) is 0.481. The van der Waals surface area contributed by atoms with Gasteiger partial charge in [0.1, 0.15) is 23.1 Å². The van der Waals surface area contributed by atoms with Crippen LogP contribution in [0.1, 0.15) is 68.4 Å². The molecule has 7 nitrogen and oxygen atoms in total. The number of unbranched alkanes of at least 4 members (excludes halogenated alkanes) is 2. The molecule has 3 N–H and O–H groups in total. The molecule has 0 aliphatic heterocycles. The number of carbonyl (C=O) groups is 1. The first kappa shape index (κ1) is 27.0. The normalized spacial score (nSPS) is 10.9. The molecule has 0 saturated carbocycles. The molecule has 0 radical (unpaired) electrons. The van der Waals surface area contributed by atoms with Crippen LogP contribution in [-0.4, -0.2) is 49.0 Å². The molecule has 2 aromatic carbocycles. The van der Waals surface area contributed by atoms with Gasteiger partial charge in [0.15, 0.2) is 0 Å². The number of hydrogen-bond acceptors (Lipinski definition) is 5. The minimum atomic E-state index is -0.0261. The van der Waals surface area contributed by atoms with Crippen LogP contribution < -0.4 is 19.9 Å². The molecule has 0 bridgehead atoms. The van der Waals surface area contributed by atoms with Gasteiger partial charge in [-0.05, 0) is 89.8 Å². The molecule has 0 spiro atoms. The summed E-state index contributed by atoms with van der Waals surface area (Å²) in [5.74, 6) is 2.03. The van der Waals surface area contributed by atoms with Gasteiger partial charge in [-0.2, -0.15) is 0 Å². The van der Waals surface area contributed by atoms with E-state index >= 15 is 0 Å². The quantitative estimate of drug-likeness (QED) is 0.239. The number of hydrogen-bond donors (Lipinski definition) is 2. The Kier molecular flexibility index (Phi) is 10.2. The zero-order valence-corrected chi connectivity index (χ0v) is 21.3. The van der Waals surface area contributed by atoms with Gasteiger partial charge in [-0.25, -0.2) is 0 Å². The number of nitrogens with one attached hydrogen (secondary N) is 1. The second kappa shape index (κ2) is 12.9. The van der Waals surface area contributed by atoms with Crippen LogP contribution in [0.15, 0.2) is 36.4 Å². The van der Waals surface area contributed by atoms with Crippen LogP contribution in [0.5, 0.6) is 17.2 Å². The topological polar surface area (TPSA) is 97.9 Å². The van der Waals surface area contributed by atoms with Crippen LogP contribution in [0.4, 0.5) is 0 Å². The van der Waals surface area contributed by atoms with E-state index < -0.39 is 0 Å². The van der Waals surface area contributed by atoms with Crippen LogP contribution >= 0.6 is 0 Å². The first-order valence-corrected chi connectivity index (χ1v) is 11.9. The molecule has 7 heteroatoms. The summed E-state index contributed by atoms with van der Waals surface area (Å²) in [7, 11) is 1.58. The fourth-order valence-electron chi connectivity index (χ4n) is 3.93. The van der Waals surface area contributed by atoms with E-state index in [4.69, 9.17) is 25.4 Å². The van der Waals surface area contributed by atoms with Crippen molar-refractivity contribution in [3.8, 4) is 17.2 Å². The molecule has 0 unspecified atom stereocenters. The van der Waals surface area contributed by atoms with Gasteiger partial charge < -0.3 is 24.8 Å². The van der Waals surface area contributed by atoms with E-state index in [1.807, 2.05) is 57.7 Å². The maximum Gasteiger partial charge on any atom is 0.258 e. The molecule has 0 heterocycles. The Morgan fingerprint density at radius 3 is 2.00 bits per heavy atom. The molecule has 34 heavy (non-hydrogen) atoms. The van der Waals surface area contributed by atoms with Crippen molar-refractivity contribution in [3.63, 3.8) is 0 Å². The number of nitrogen functional groups attached to an aromatic ring is 1. The van der Waals surface area contributed by atoms with Gasteiger partial charge >= 0.3 is 0 Å². The highest BCUT2D eigenvalue weighted by Gasteiger charge is 2.26. The van der Waals surface area contributed by atoms with Crippen LogP contribution in [0.2, 0.25) is 0 Å². The van der Waals surface area contributed by atoms with Gasteiger partial charge in [0.25, 0.3) is 5.91 Å². The molecule has 2 aromatic rings. The maximum absolute atomic E-state index is 13.2. The van der Waals surface area contributed by atoms with E-state index in [2.05, 4.69) is 0 Å².